The maximum atomic E-state index is 9.81. The number of rotatable bonds is 4. The normalized spacial score (nSPS) is 15.2. The van der Waals surface area contributed by atoms with Gasteiger partial charge in [0, 0.05) is 15.9 Å². The van der Waals surface area contributed by atoms with Gasteiger partial charge in [-0.2, -0.15) is 0 Å². The number of benzene rings is 1. The van der Waals surface area contributed by atoms with Gasteiger partial charge in [-0.1, -0.05) is 47.4 Å². The van der Waals surface area contributed by atoms with Crippen molar-refractivity contribution in [1.82, 2.24) is 0 Å². The quantitative estimate of drug-likeness (QED) is 0.897. The summed E-state index contributed by atoms with van der Waals surface area (Å²) < 4.78 is 0.903. The molecule has 0 aliphatic carbocycles. The Labute approximate surface area is 109 Å². The van der Waals surface area contributed by atoms with Gasteiger partial charge in [0.2, 0.25) is 0 Å². The first-order valence-electron chi connectivity index (χ1n) is 5.22. The van der Waals surface area contributed by atoms with Crippen LogP contribution in [0.25, 0.3) is 0 Å². The van der Waals surface area contributed by atoms with Crippen molar-refractivity contribution in [1.29, 1.82) is 0 Å². The molecule has 16 heavy (non-hydrogen) atoms. The molecule has 2 atom stereocenters. The number of aliphatic hydroxyl groups is 2. The Balaban J connectivity index is 2.73. The third-order valence-electron chi connectivity index (χ3n) is 2.52. The fourth-order valence-electron chi connectivity index (χ4n) is 1.48. The van der Waals surface area contributed by atoms with Crippen molar-refractivity contribution in [3.8, 4) is 0 Å². The van der Waals surface area contributed by atoms with Crippen LogP contribution in [-0.2, 0) is 6.42 Å². The lowest BCUT2D eigenvalue weighted by molar-refractivity contribution is -0.00730. The van der Waals surface area contributed by atoms with Crippen LogP contribution in [0.1, 0.15) is 19.4 Å². The van der Waals surface area contributed by atoms with E-state index in [4.69, 9.17) is 11.6 Å². The molecule has 0 saturated heterocycles. The van der Waals surface area contributed by atoms with E-state index in [2.05, 4.69) is 15.9 Å². The molecule has 0 aliphatic heterocycles. The SMILES string of the molecule is CC(C)C(O)C(O)Cc1ccc(Br)cc1Cl. The highest BCUT2D eigenvalue weighted by molar-refractivity contribution is 9.10. The molecule has 90 valence electrons. The number of hydrogen-bond donors (Lipinski definition) is 2. The Morgan fingerprint density at radius 1 is 1.31 bits per heavy atom. The number of aliphatic hydroxyl groups excluding tert-OH is 2. The molecule has 1 aromatic rings. The largest absolute Gasteiger partial charge is 0.390 e. The molecule has 1 rings (SSSR count). The minimum absolute atomic E-state index is 0.0317. The molecule has 0 saturated carbocycles. The van der Waals surface area contributed by atoms with Gasteiger partial charge in [0.25, 0.3) is 0 Å². The van der Waals surface area contributed by atoms with E-state index in [1.807, 2.05) is 26.0 Å². The summed E-state index contributed by atoms with van der Waals surface area (Å²) in [4.78, 5) is 0. The minimum Gasteiger partial charge on any atom is -0.390 e. The monoisotopic (exact) mass is 306 g/mol. The molecule has 0 aromatic heterocycles. The van der Waals surface area contributed by atoms with Crippen molar-refractivity contribution in [2.24, 2.45) is 5.92 Å². The first-order valence-corrected chi connectivity index (χ1v) is 6.39. The van der Waals surface area contributed by atoms with Crippen LogP contribution in [0, 0.1) is 5.92 Å². The molecular formula is C12H16BrClO2. The van der Waals surface area contributed by atoms with Crippen molar-refractivity contribution >= 4 is 27.5 Å². The van der Waals surface area contributed by atoms with E-state index in [1.165, 1.54) is 0 Å². The van der Waals surface area contributed by atoms with Gasteiger partial charge in [0.15, 0.2) is 0 Å². The van der Waals surface area contributed by atoms with Crippen LogP contribution in [0.3, 0.4) is 0 Å². The van der Waals surface area contributed by atoms with Gasteiger partial charge in [0.05, 0.1) is 12.2 Å². The van der Waals surface area contributed by atoms with Gasteiger partial charge < -0.3 is 10.2 Å². The third-order valence-corrected chi connectivity index (χ3v) is 3.37. The number of hydrogen-bond acceptors (Lipinski definition) is 2. The summed E-state index contributed by atoms with van der Waals surface area (Å²) in [6.45, 7) is 3.74. The van der Waals surface area contributed by atoms with Crippen LogP contribution in [0.2, 0.25) is 5.02 Å². The van der Waals surface area contributed by atoms with E-state index in [9.17, 15) is 10.2 Å². The predicted octanol–water partition coefficient (Wildman–Crippen LogP) is 3.02. The van der Waals surface area contributed by atoms with Crippen LogP contribution in [0.4, 0.5) is 0 Å². The van der Waals surface area contributed by atoms with Crippen LogP contribution in [0.15, 0.2) is 22.7 Å². The summed E-state index contributed by atoms with van der Waals surface area (Å²) in [6, 6.07) is 5.50. The van der Waals surface area contributed by atoms with Crippen molar-refractivity contribution in [3.63, 3.8) is 0 Å². The smallest absolute Gasteiger partial charge is 0.0842 e. The average molecular weight is 308 g/mol. The van der Waals surface area contributed by atoms with E-state index in [1.54, 1.807) is 6.07 Å². The second-order valence-corrected chi connectivity index (χ2v) is 5.56. The molecule has 0 bridgehead atoms. The summed E-state index contributed by atoms with van der Waals surface area (Å²) >= 11 is 9.35. The fourth-order valence-corrected chi connectivity index (χ4v) is 2.23. The maximum Gasteiger partial charge on any atom is 0.0842 e. The van der Waals surface area contributed by atoms with E-state index in [0.717, 1.165) is 10.0 Å². The minimum atomic E-state index is -0.779. The topological polar surface area (TPSA) is 40.5 Å². The molecular weight excluding hydrogens is 291 g/mol. The zero-order valence-electron chi connectivity index (χ0n) is 9.32. The van der Waals surface area contributed by atoms with Crippen LogP contribution >= 0.6 is 27.5 Å². The third kappa shape index (κ3) is 3.74. The Kier molecular flexibility index (Phi) is 5.25. The molecule has 0 fully saturated rings. The van der Waals surface area contributed by atoms with E-state index >= 15 is 0 Å². The van der Waals surface area contributed by atoms with Crippen molar-refractivity contribution in [2.45, 2.75) is 32.5 Å². The zero-order valence-corrected chi connectivity index (χ0v) is 11.7. The lowest BCUT2D eigenvalue weighted by atomic mass is 9.96. The molecule has 2 unspecified atom stereocenters. The Morgan fingerprint density at radius 2 is 1.94 bits per heavy atom. The van der Waals surface area contributed by atoms with Crippen molar-refractivity contribution in [3.05, 3.63) is 33.3 Å². The Bertz CT molecular complexity index is 355. The van der Waals surface area contributed by atoms with E-state index < -0.39 is 12.2 Å². The van der Waals surface area contributed by atoms with Crippen LogP contribution < -0.4 is 0 Å². The molecule has 0 heterocycles. The Morgan fingerprint density at radius 3 is 2.44 bits per heavy atom. The Hall–Kier alpha value is -0.0900. The van der Waals surface area contributed by atoms with E-state index in [0.29, 0.717) is 11.4 Å². The van der Waals surface area contributed by atoms with Crippen molar-refractivity contribution in [2.75, 3.05) is 0 Å². The fraction of sp³-hybridized carbons (Fsp3) is 0.500. The lowest BCUT2D eigenvalue weighted by Gasteiger charge is -2.21. The van der Waals surface area contributed by atoms with Crippen LogP contribution in [-0.4, -0.2) is 22.4 Å². The second kappa shape index (κ2) is 6.01. The predicted molar refractivity (Wildman–Crippen MR) is 69.7 cm³/mol. The molecule has 2 N–H and O–H groups in total. The van der Waals surface area contributed by atoms with Gasteiger partial charge in [-0.3, -0.25) is 0 Å². The van der Waals surface area contributed by atoms with Crippen molar-refractivity contribution < 1.29 is 10.2 Å². The van der Waals surface area contributed by atoms with E-state index in [-0.39, 0.29) is 5.92 Å². The average Bonchev–Trinajstić information content (AvgIpc) is 2.20. The van der Waals surface area contributed by atoms with Gasteiger partial charge in [-0.25, -0.2) is 0 Å². The zero-order chi connectivity index (χ0) is 12.3. The van der Waals surface area contributed by atoms with Gasteiger partial charge in [-0.15, -0.1) is 0 Å². The summed E-state index contributed by atoms with van der Waals surface area (Å²) in [5.41, 5.74) is 0.845. The number of halogens is 2. The summed E-state index contributed by atoms with van der Waals surface area (Å²) in [6.07, 6.45) is -1.13. The summed E-state index contributed by atoms with van der Waals surface area (Å²) in [5.74, 6) is 0.0317. The highest BCUT2D eigenvalue weighted by Gasteiger charge is 2.20. The molecule has 4 heteroatoms. The highest BCUT2D eigenvalue weighted by atomic mass is 79.9. The molecule has 1 aromatic carbocycles. The summed E-state index contributed by atoms with van der Waals surface area (Å²) in [7, 11) is 0. The lowest BCUT2D eigenvalue weighted by Crippen LogP contribution is -2.32. The molecule has 0 spiro atoms. The van der Waals surface area contributed by atoms with Gasteiger partial charge >= 0.3 is 0 Å². The molecule has 0 aliphatic rings. The highest BCUT2D eigenvalue weighted by Crippen LogP contribution is 2.23. The maximum absolute atomic E-state index is 9.81. The van der Waals surface area contributed by atoms with Gasteiger partial charge in [-0.05, 0) is 23.6 Å². The standard InChI is InChI=1S/C12H16BrClO2/c1-7(2)12(16)11(15)5-8-3-4-9(13)6-10(8)14/h3-4,6-7,11-12,15-16H,5H2,1-2H3. The van der Waals surface area contributed by atoms with Crippen LogP contribution in [0.5, 0.6) is 0 Å². The first-order chi connectivity index (χ1) is 7.41. The molecule has 0 amide bonds. The summed E-state index contributed by atoms with van der Waals surface area (Å²) in [5, 5.41) is 20.1. The molecule has 0 radical (unpaired) electrons. The van der Waals surface area contributed by atoms with Gasteiger partial charge in [0.1, 0.15) is 0 Å². The second-order valence-electron chi connectivity index (χ2n) is 4.24. The molecule has 2 nitrogen and oxygen atoms in total. The first kappa shape index (κ1) is 14.0.